The van der Waals surface area contributed by atoms with Crippen molar-refractivity contribution in [2.45, 2.75) is 57.4 Å². The molecule has 0 bridgehead atoms. The molecule has 1 aromatic rings. The Labute approximate surface area is 157 Å². The average molecular weight is 382 g/mol. The summed E-state index contributed by atoms with van der Waals surface area (Å²) in [7, 11) is -3.63. The van der Waals surface area contributed by atoms with Gasteiger partial charge in [-0.15, -0.1) is 0 Å². The summed E-state index contributed by atoms with van der Waals surface area (Å²) >= 11 is 0. The fourth-order valence-electron chi connectivity index (χ4n) is 3.24. The molecule has 1 saturated heterocycles. The van der Waals surface area contributed by atoms with E-state index in [4.69, 9.17) is 0 Å². The summed E-state index contributed by atoms with van der Waals surface area (Å²) in [5.74, 6) is 0.718. The van der Waals surface area contributed by atoms with E-state index >= 15 is 0 Å². The van der Waals surface area contributed by atoms with E-state index in [0.29, 0.717) is 18.0 Å². The first-order chi connectivity index (χ1) is 12.1. The smallest absolute Gasteiger partial charge is 0.241 e. The monoisotopic (exact) mass is 381 g/mol. The highest BCUT2D eigenvalue weighted by Crippen LogP contribution is 2.23. The highest BCUT2D eigenvalue weighted by Gasteiger charge is 2.24. The first-order valence-electron chi connectivity index (χ1n) is 9.21. The van der Waals surface area contributed by atoms with Gasteiger partial charge in [0.1, 0.15) is 0 Å². The molecule has 26 heavy (non-hydrogen) atoms. The van der Waals surface area contributed by atoms with Gasteiger partial charge in [0.15, 0.2) is 0 Å². The van der Waals surface area contributed by atoms with E-state index in [1.54, 1.807) is 32.9 Å². The van der Waals surface area contributed by atoms with Crippen LogP contribution in [0.3, 0.4) is 0 Å². The number of carbonyl (C=O) groups is 1. The molecule has 3 N–H and O–H groups in total. The SMILES string of the molecule is CC(CC(=O)Nc1cccc(S(=O)(=O)NC(C)(C)C)c1)C1CCCNC1. The first-order valence-corrected chi connectivity index (χ1v) is 10.7. The van der Waals surface area contributed by atoms with E-state index in [-0.39, 0.29) is 16.7 Å². The van der Waals surface area contributed by atoms with Crippen LogP contribution in [-0.4, -0.2) is 33.0 Å². The van der Waals surface area contributed by atoms with Crippen molar-refractivity contribution < 1.29 is 13.2 Å². The van der Waals surface area contributed by atoms with Crippen LogP contribution >= 0.6 is 0 Å². The van der Waals surface area contributed by atoms with Crippen molar-refractivity contribution in [2.75, 3.05) is 18.4 Å². The minimum absolute atomic E-state index is 0.0820. The van der Waals surface area contributed by atoms with E-state index in [1.165, 1.54) is 12.1 Å². The van der Waals surface area contributed by atoms with Crippen molar-refractivity contribution in [2.24, 2.45) is 11.8 Å². The van der Waals surface area contributed by atoms with Gasteiger partial charge < -0.3 is 10.6 Å². The molecule has 146 valence electrons. The van der Waals surface area contributed by atoms with Crippen LogP contribution in [-0.2, 0) is 14.8 Å². The molecule has 0 spiro atoms. The van der Waals surface area contributed by atoms with Gasteiger partial charge in [0.25, 0.3) is 0 Å². The molecule has 0 radical (unpaired) electrons. The second kappa shape index (κ2) is 8.50. The van der Waals surface area contributed by atoms with Crippen molar-refractivity contribution in [1.29, 1.82) is 0 Å². The Balaban J connectivity index is 2.00. The minimum Gasteiger partial charge on any atom is -0.326 e. The number of carbonyl (C=O) groups excluding carboxylic acids is 1. The quantitative estimate of drug-likeness (QED) is 0.707. The molecule has 0 saturated carbocycles. The zero-order chi connectivity index (χ0) is 19.4. The van der Waals surface area contributed by atoms with Crippen LogP contribution in [0.1, 0.15) is 47.0 Å². The largest absolute Gasteiger partial charge is 0.326 e. The predicted molar refractivity (Wildman–Crippen MR) is 105 cm³/mol. The molecule has 1 heterocycles. The van der Waals surface area contributed by atoms with Gasteiger partial charge >= 0.3 is 0 Å². The normalized spacial score (nSPS) is 19.8. The third-order valence-electron chi connectivity index (χ3n) is 4.52. The Morgan fingerprint density at radius 1 is 1.35 bits per heavy atom. The highest BCUT2D eigenvalue weighted by molar-refractivity contribution is 7.89. The molecule has 1 fully saturated rings. The number of sulfonamides is 1. The zero-order valence-electron chi connectivity index (χ0n) is 16.1. The van der Waals surface area contributed by atoms with Gasteiger partial charge in [-0.2, -0.15) is 0 Å². The Bertz CT molecular complexity index is 720. The lowest BCUT2D eigenvalue weighted by atomic mass is 9.85. The third kappa shape index (κ3) is 6.37. The Kier molecular flexibility index (Phi) is 6.82. The van der Waals surface area contributed by atoms with Gasteiger partial charge in [-0.05, 0) is 76.7 Å². The van der Waals surface area contributed by atoms with Gasteiger partial charge in [0, 0.05) is 17.6 Å². The molecule has 2 unspecified atom stereocenters. The lowest BCUT2D eigenvalue weighted by Gasteiger charge is -2.28. The molecule has 2 rings (SSSR count). The molecule has 1 aromatic carbocycles. The lowest BCUT2D eigenvalue weighted by Crippen LogP contribution is -2.40. The molecule has 1 aliphatic heterocycles. The van der Waals surface area contributed by atoms with Crippen LogP contribution in [0.2, 0.25) is 0 Å². The number of nitrogens with one attached hydrogen (secondary N) is 3. The van der Waals surface area contributed by atoms with E-state index in [1.807, 2.05) is 0 Å². The number of hydrogen-bond donors (Lipinski definition) is 3. The first kappa shape index (κ1) is 20.9. The van der Waals surface area contributed by atoms with Crippen LogP contribution in [0.4, 0.5) is 5.69 Å². The molecule has 2 atom stereocenters. The zero-order valence-corrected chi connectivity index (χ0v) is 16.9. The molecule has 0 aromatic heterocycles. The van der Waals surface area contributed by atoms with Crippen LogP contribution in [0.5, 0.6) is 0 Å². The summed E-state index contributed by atoms with van der Waals surface area (Å²) in [6, 6.07) is 6.38. The van der Waals surface area contributed by atoms with Crippen molar-refractivity contribution in [3.63, 3.8) is 0 Å². The predicted octanol–water partition coefficient (Wildman–Crippen LogP) is 2.73. The number of piperidine rings is 1. The van der Waals surface area contributed by atoms with Gasteiger partial charge in [-0.1, -0.05) is 13.0 Å². The molecular formula is C19H31N3O3S. The van der Waals surface area contributed by atoms with Gasteiger partial charge in [-0.25, -0.2) is 13.1 Å². The Hall–Kier alpha value is -1.44. The standard InChI is InChI=1S/C19H31N3O3S/c1-14(15-7-6-10-20-13-15)11-18(23)21-16-8-5-9-17(12-16)26(24,25)22-19(2,3)4/h5,8-9,12,14-15,20,22H,6-7,10-11,13H2,1-4H3,(H,21,23). The van der Waals surface area contributed by atoms with Crippen LogP contribution < -0.4 is 15.4 Å². The Morgan fingerprint density at radius 3 is 2.69 bits per heavy atom. The summed E-state index contributed by atoms with van der Waals surface area (Å²) in [6.07, 6.45) is 2.73. The molecule has 1 amide bonds. The number of rotatable bonds is 6. The second-order valence-electron chi connectivity index (χ2n) is 8.22. The lowest BCUT2D eigenvalue weighted by molar-refractivity contribution is -0.117. The van der Waals surface area contributed by atoms with Crippen LogP contribution in [0.25, 0.3) is 0 Å². The number of benzene rings is 1. The topological polar surface area (TPSA) is 87.3 Å². The summed E-state index contributed by atoms with van der Waals surface area (Å²) in [4.78, 5) is 12.5. The molecular weight excluding hydrogens is 350 g/mol. The summed E-state index contributed by atoms with van der Waals surface area (Å²) in [5.41, 5.74) is -0.0672. The van der Waals surface area contributed by atoms with Crippen LogP contribution in [0.15, 0.2) is 29.2 Å². The van der Waals surface area contributed by atoms with Crippen LogP contribution in [0, 0.1) is 11.8 Å². The van der Waals surface area contributed by atoms with Crippen molar-refractivity contribution >= 4 is 21.6 Å². The van der Waals surface area contributed by atoms with E-state index in [0.717, 1.165) is 25.9 Å². The number of hydrogen-bond acceptors (Lipinski definition) is 4. The molecule has 1 aliphatic rings. The maximum Gasteiger partial charge on any atom is 0.241 e. The fourth-order valence-corrected chi connectivity index (χ4v) is 4.70. The van der Waals surface area contributed by atoms with Crippen molar-refractivity contribution in [3.8, 4) is 0 Å². The molecule has 0 aliphatic carbocycles. The van der Waals surface area contributed by atoms with Crippen molar-refractivity contribution in [3.05, 3.63) is 24.3 Å². The third-order valence-corrected chi connectivity index (χ3v) is 6.27. The number of anilines is 1. The fraction of sp³-hybridized carbons (Fsp3) is 0.632. The summed E-state index contributed by atoms with van der Waals surface area (Å²) < 4.78 is 27.5. The second-order valence-corrected chi connectivity index (χ2v) is 9.90. The van der Waals surface area contributed by atoms with Crippen molar-refractivity contribution in [1.82, 2.24) is 10.0 Å². The summed E-state index contributed by atoms with van der Waals surface area (Å²) in [6.45, 7) is 9.48. The van der Waals surface area contributed by atoms with Gasteiger partial charge in [-0.3, -0.25) is 4.79 Å². The summed E-state index contributed by atoms with van der Waals surface area (Å²) in [5, 5.41) is 6.21. The maximum atomic E-state index is 12.4. The van der Waals surface area contributed by atoms with E-state index < -0.39 is 15.6 Å². The average Bonchev–Trinajstić information content (AvgIpc) is 2.53. The van der Waals surface area contributed by atoms with E-state index in [9.17, 15) is 13.2 Å². The number of amides is 1. The highest BCUT2D eigenvalue weighted by atomic mass is 32.2. The van der Waals surface area contributed by atoms with Gasteiger partial charge in [0.2, 0.25) is 15.9 Å². The molecule has 7 heteroatoms. The van der Waals surface area contributed by atoms with Gasteiger partial charge in [0.05, 0.1) is 4.90 Å². The molecule has 6 nitrogen and oxygen atoms in total. The van der Waals surface area contributed by atoms with E-state index in [2.05, 4.69) is 22.3 Å². The Morgan fingerprint density at radius 2 is 2.08 bits per heavy atom. The maximum absolute atomic E-state index is 12.4. The minimum atomic E-state index is -3.63.